The molecular formula is C23H25NO3. The summed E-state index contributed by atoms with van der Waals surface area (Å²) in [6, 6.07) is 20.4. The van der Waals surface area contributed by atoms with Crippen molar-refractivity contribution >= 4 is 5.97 Å². The van der Waals surface area contributed by atoms with E-state index in [0.29, 0.717) is 19.6 Å². The molecule has 0 radical (unpaired) electrons. The van der Waals surface area contributed by atoms with Gasteiger partial charge >= 0.3 is 5.97 Å². The van der Waals surface area contributed by atoms with Crippen molar-refractivity contribution in [2.45, 2.75) is 33.2 Å². The quantitative estimate of drug-likeness (QED) is 0.621. The molecule has 0 unspecified atom stereocenters. The number of aliphatic carboxylic acids is 1. The Morgan fingerprint density at radius 1 is 0.963 bits per heavy atom. The van der Waals surface area contributed by atoms with Crippen LogP contribution in [0.2, 0.25) is 0 Å². The molecule has 0 spiro atoms. The number of nitrogens with zero attached hydrogens (tertiary/aromatic N) is 1. The first-order chi connectivity index (χ1) is 13.1. The molecular weight excluding hydrogens is 338 g/mol. The number of carboxylic acids is 1. The number of ether oxygens (including phenoxy) is 1. The molecule has 0 atom stereocenters. The number of hydrogen-bond acceptors (Lipinski definition) is 2. The average Bonchev–Trinajstić information content (AvgIpc) is 3.06. The van der Waals surface area contributed by atoms with E-state index in [1.807, 2.05) is 56.3 Å². The van der Waals surface area contributed by atoms with Crippen LogP contribution in [0, 0.1) is 13.8 Å². The van der Waals surface area contributed by atoms with Gasteiger partial charge in [0.15, 0.2) is 0 Å². The average molecular weight is 363 g/mol. The van der Waals surface area contributed by atoms with Crippen molar-refractivity contribution in [2.75, 3.05) is 6.61 Å². The van der Waals surface area contributed by atoms with Gasteiger partial charge in [0, 0.05) is 11.4 Å². The van der Waals surface area contributed by atoms with Gasteiger partial charge in [0.2, 0.25) is 0 Å². The Bertz CT molecular complexity index is 892. The smallest absolute Gasteiger partial charge is 0.303 e. The van der Waals surface area contributed by atoms with Crippen LogP contribution in [0.4, 0.5) is 0 Å². The second kappa shape index (κ2) is 8.58. The zero-order valence-electron chi connectivity index (χ0n) is 15.8. The highest BCUT2D eigenvalue weighted by Crippen LogP contribution is 2.25. The van der Waals surface area contributed by atoms with Crippen LogP contribution in [0.1, 0.15) is 23.2 Å². The number of rotatable bonds is 8. The fraction of sp³-hybridized carbons (Fsp3) is 0.261. The molecule has 0 fully saturated rings. The third-order valence-corrected chi connectivity index (χ3v) is 4.71. The summed E-state index contributed by atoms with van der Waals surface area (Å²) in [6.45, 7) is 5.29. The largest absolute Gasteiger partial charge is 0.491 e. The molecule has 27 heavy (non-hydrogen) atoms. The predicted octanol–water partition coefficient (Wildman–Crippen LogP) is 4.87. The minimum Gasteiger partial charge on any atom is -0.491 e. The molecule has 0 saturated carbocycles. The van der Waals surface area contributed by atoms with Gasteiger partial charge < -0.3 is 14.4 Å². The summed E-state index contributed by atoms with van der Waals surface area (Å²) in [7, 11) is 0. The lowest BCUT2D eigenvalue weighted by Crippen LogP contribution is -2.13. The van der Waals surface area contributed by atoms with Gasteiger partial charge in [-0.1, -0.05) is 48.5 Å². The Morgan fingerprint density at radius 2 is 1.67 bits per heavy atom. The van der Waals surface area contributed by atoms with Crippen LogP contribution in [0.15, 0.2) is 60.7 Å². The maximum atomic E-state index is 11.0. The third-order valence-electron chi connectivity index (χ3n) is 4.71. The topological polar surface area (TPSA) is 51.5 Å². The molecule has 0 saturated heterocycles. The lowest BCUT2D eigenvalue weighted by Gasteiger charge is -2.16. The first-order valence-corrected chi connectivity index (χ1v) is 9.21. The van der Waals surface area contributed by atoms with Gasteiger partial charge in [-0.05, 0) is 49.1 Å². The fourth-order valence-corrected chi connectivity index (χ4v) is 3.35. The molecule has 4 heteroatoms. The maximum absolute atomic E-state index is 11.0. The van der Waals surface area contributed by atoms with Gasteiger partial charge in [-0.2, -0.15) is 0 Å². The lowest BCUT2D eigenvalue weighted by atomic mass is 10.1. The number of carbonyl (C=O) groups is 1. The van der Waals surface area contributed by atoms with Gasteiger partial charge in [-0.3, -0.25) is 4.79 Å². The van der Waals surface area contributed by atoms with Gasteiger partial charge in [0.1, 0.15) is 12.4 Å². The van der Waals surface area contributed by atoms with Crippen LogP contribution in [0.25, 0.3) is 11.3 Å². The first-order valence-electron chi connectivity index (χ1n) is 9.21. The highest BCUT2D eigenvalue weighted by atomic mass is 16.5. The van der Waals surface area contributed by atoms with Gasteiger partial charge in [-0.15, -0.1) is 0 Å². The Balaban J connectivity index is 1.81. The predicted molar refractivity (Wildman–Crippen MR) is 107 cm³/mol. The van der Waals surface area contributed by atoms with E-state index in [9.17, 15) is 4.79 Å². The van der Waals surface area contributed by atoms with Gasteiger partial charge in [0.05, 0.1) is 13.0 Å². The maximum Gasteiger partial charge on any atom is 0.303 e. The van der Waals surface area contributed by atoms with Crippen LogP contribution in [-0.4, -0.2) is 22.2 Å². The zero-order chi connectivity index (χ0) is 19.2. The van der Waals surface area contributed by atoms with E-state index in [4.69, 9.17) is 9.84 Å². The van der Waals surface area contributed by atoms with Gasteiger partial charge in [-0.25, -0.2) is 0 Å². The van der Waals surface area contributed by atoms with E-state index in [1.165, 1.54) is 0 Å². The highest BCUT2D eigenvalue weighted by Gasteiger charge is 2.12. The lowest BCUT2D eigenvalue weighted by molar-refractivity contribution is -0.136. The summed E-state index contributed by atoms with van der Waals surface area (Å²) in [4.78, 5) is 11.0. The van der Waals surface area contributed by atoms with E-state index in [-0.39, 0.29) is 6.42 Å². The summed E-state index contributed by atoms with van der Waals surface area (Å²) in [5.41, 5.74) is 5.46. The summed E-state index contributed by atoms with van der Waals surface area (Å²) in [6.07, 6.45) is 0.627. The van der Waals surface area contributed by atoms with Gasteiger partial charge in [0.25, 0.3) is 0 Å². The number of hydrogen-bond donors (Lipinski definition) is 1. The summed E-state index contributed by atoms with van der Waals surface area (Å²) >= 11 is 0. The Kier molecular flexibility index (Phi) is 5.97. The molecule has 0 aliphatic heterocycles. The number of aromatic nitrogens is 1. The van der Waals surface area contributed by atoms with E-state index in [0.717, 1.165) is 33.8 Å². The molecule has 1 aromatic heterocycles. The number of para-hydroxylation sites is 1. The second-order valence-electron chi connectivity index (χ2n) is 6.69. The molecule has 1 heterocycles. The Morgan fingerprint density at radius 3 is 2.33 bits per heavy atom. The van der Waals surface area contributed by atoms with Crippen molar-refractivity contribution in [1.29, 1.82) is 0 Å². The van der Waals surface area contributed by atoms with Crippen molar-refractivity contribution in [3.8, 4) is 17.0 Å². The summed E-state index contributed by atoms with van der Waals surface area (Å²) in [5, 5.41) is 9.04. The molecule has 3 rings (SSSR count). The van der Waals surface area contributed by atoms with Crippen LogP contribution < -0.4 is 4.74 Å². The summed E-state index contributed by atoms with van der Waals surface area (Å²) < 4.78 is 8.25. The van der Waals surface area contributed by atoms with E-state index >= 15 is 0 Å². The van der Waals surface area contributed by atoms with Crippen molar-refractivity contribution < 1.29 is 14.6 Å². The standard InChI is InChI=1S/C23H25NO3/c1-17-7-6-8-18(2)23(17)27-16-15-24-20(12-14-22(25)26)11-13-21(24)19-9-4-3-5-10-19/h3-11,13H,12,14-16H2,1-2H3,(H,25,26). The fourth-order valence-electron chi connectivity index (χ4n) is 3.35. The highest BCUT2D eigenvalue weighted by molar-refractivity contribution is 5.67. The van der Waals surface area contributed by atoms with Crippen molar-refractivity contribution in [2.24, 2.45) is 0 Å². The SMILES string of the molecule is Cc1cccc(C)c1OCCn1c(CCC(=O)O)ccc1-c1ccccc1. The Hall–Kier alpha value is -3.01. The van der Waals surface area contributed by atoms with Crippen LogP contribution in [-0.2, 0) is 17.8 Å². The van der Waals surface area contributed by atoms with Crippen molar-refractivity contribution in [3.05, 3.63) is 77.5 Å². The minimum absolute atomic E-state index is 0.121. The van der Waals surface area contributed by atoms with Crippen LogP contribution >= 0.6 is 0 Å². The molecule has 1 N–H and O–H groups in total. The molecule has 4 nitrogen and oxygen atoms in total. The monoisotopic (exact) mass is 363 g/mol. The summed E-state index contributed by atoms with van der Waals surface area (Å²) in [5.74, 6) is 0.147. The number of benzene rings is 2. The minimum atomic E-state index is -0.782. The number of carboxylic acid groups (broad SMARTS) is 1. The van der Waals surface area contributed by atoms with E-state index in [1.54, 1.807) is 0 Å². The Labute approximate surface area is 160 Å². The second-order valence-corrected chi connectivity index (χ2v) is 6.69. The van der Waals surface area contributed by atoms with Crippen LogP contribution in [0.5, 0.6) is 5.75 Å². The van der Waals surface area contributed by atoms with E-state index in [2.05, 4.69) is 22.8 Å². The number of aryl methyl sites for hydroxylation is 3. The normalized spacial score (nSPS) is 10.7. The van der Waals surface area contributed by atoms with Crippen LogP contribution in [0.3, 0.4) is 0 Å². The van der Waals surface area contributed by atoms with E-state index < -0.39 is 5.97 Å². The molecule has 0 aliphatic carbocycles. The first kappa shape index (κ1) is 18.8. The molecule has 0 aliphatic rings. The molecule has 0 amide bonds. The molecule has 3 aromatic rings. The van der Waals surface area contributed by atoms with Crippen molar-refractivity contribution in [1.82, 2.24) is 4.57 Å². The zero-order valence-corrected chi connectivity index (χ0v) is 15.8. The molecule has 0 bridgehead atoms. The molecule has 140 valence electrons. The molecule has 2 aromatic carbocycles. The third kappa shape index (κ3) is 4.59. The van der Waals surface area contributed by atoms with Crippen molar-refractivity contribution in [3.63, 3.8) is 0 Å².